The minimum absolute atomic E-state index is 0.0987. The van der Waals surface area contributed by atoms with E-state index in [-0.39, 0.29) is 31.1 Å². The number of ether oxygens (including phenoxy) is 3. The predicted molar refractivity (Wildman–Crippen MR) is 297 cm³/mol. The van der Waals surface area contributed by atoms with Gasteiger partial charge in [0.15, 0.2) is 6.10 Å². The molecule has 0 amide bonds. The highest BCUT2D eigenvalue weighted by Crippen LogP contribution is 2.14. The molecule has 0 rings (SSSR count). The molecule has 0 saturated carbocycles. The molecule has 0 radical (unpaired) electrons. The fourth-order valence-electron chi connectivity index (χ4n) is 7.73. The topological polar surface area (TPSA) is 78.9 Å². The molecule has 0 aliphatic carbocycles. The Labute approximate surface area is 426 Å². The normalized spacial score (nSPS) is 12.8. The lowest BCUT2D eigenvalue weighted by molar-refractivity contribution is -0.167. The number of esters is 3. The lowest BCUT2D eigenvalue weighted by Gasteiger charge is -2.18. The molecule has 0 aliphatic heterocycles. The van der Waals surface area contributed by atoms with Crippen molar-refractivity contribution in [2.24, 2.45) is 0 Å². The van der Waals surface area contributed by atoms with Crippen molar-refractivity contribution in [2.75, 3.05) is 13.2 Å². The summed E-state index contributed by atoms with van der Waals surface area (Å²) in [6, 6.07) is 0. The highest BCUT2D eigenvalue weighted by Gasteiger charge is 2.19. The molecule has 0 spiro atoms. The van der Waals surface area contributed by atoms with Crippen molar-refractivity contribution < 1.29 is 28.6 Å². The van der Waals surface area contributed by atoms with Crippen LogP contribution in [-0.4, -0.2) is 37.2 Å². The van der Waals surface area contributed by atoms with Crippen molar-refractivity contribution in [3.63, 3.8) is 0 Å². The van der Waals surface area contributed by atoms with Gasteiger partial charge in [-0.15, -0.1) is 0 Å². The van der Waals surface area contributed by atoms with Crippen molar-refractivity contribution in [3.8, 4) is 0 Å². The van der Waals surface area contributed by atoms with Gasteiger partial charge in [0, 0.05) is 19.3 Å². The molecule has 0 aliphatic rings. The van der Waals surface area contributed by atoms with Gasteiger partial charge in [-0.2, -0.15) is 0 Å². The Bertz CT molecular complexity index is 1380. The Morgan fingerprint density at radius 1 is 0.304 bits per heavy atom. The maximum absolute atomic E-state index is 12.9. The maximum atomic E-state index is 12.9. The number of rotatable bonds is 51. The van der Waals surface area contributed by atoms with E-state index in [2.05, 4.69) is 118 Å². The summed E-state index contributed by atoms with van der Waals surface area (Å²) in [7, 11) is 0. The van der Waals surface area contributed by atoms with Crippen LogP contribution < -0.4 is 0 Å². The van der Waals surface area contributed by atoms with Crippen LogP contribution in [0, 0.1) is 0 Å². The van der Waals surface area contributed by atoms with Gasteiger partial charge in [-0.1, -0.05) is 221 Å². The Morgan fingerprint density at radius 3 is 0.928 bits per heavy atom. The summed E-state index contributed by atoms with van der Waals surface area (Å²) in [6.07, 6.45) is 75.3. The second-order valence-electron chi connectivity index (χ2n) is 18.8. The van der Waals surface area contributed by atoms with E-state index in [9.17, 15) is 14.4 Å². The largest absolute Gasteiger partial charge is 0.462 e. The van der Waals surface area contributed by atoms with Crippen LogP contribution in [0.15, 0.2) is 97.2 Å². The van der Waals surface area contributed by atoms with E-state index in [0.717, 1.165) is 128 Å². The number of hydrogen-bond donors (Lipinski definition) is 0. The van der Waals surface area contributed by atoms with E-state index in [4.69, 9.17) is 14.2 Å². The van der Waals surface area contributed by atoms with Gasteiger partial charge < -0.3 is 14.2 Å². The summed E-state index contributed by atoms with van der Waals surface area (Å²) >= 11 is 0. The molecular weight excluding hydrogens is 853 g/mol. The summed E-state index contributed by atoms with van der Waals surface area (Å²) in [4.78, 5) is 38.2. The average Bonchev–Trinajstić information content (AvgIpc) is 3.35. The van der Waals surface area contributed by atoms with Crippen LogP contribution >= 0.6 is 0 Å². The van der Waals surface area contributed by atoms with Gasteiger partial charge in [-0.05, 0) is 122 Å². The third-order valence-electron chi connectivity index (χ3n) is 12.0. The zero-order valence-electron chi connectivity index (χ0n) is 45.0. The van der Waals surface area contributed by atoms with Crippen LogP contribution in [0.3, 0.4) is 0 Å². The minimum Gasteiger partial charge on any atom is -0.462 e. The van der Waals surface area contributed by atoms with Crippen LogP contribution in [0.1, 0.15) is 265 Å². The third-order valence-corrected chi connectivity index (χ3v) is 12.0. The number of carbonyl (C=O) groups excluding carboxylic acids is 3. The van der Waals surface area contributed by atoms with Crippen LogP contribution in [-0.2, 0) is 28.6 Å². The summed E-state index contributed by atoms with van der Waals surface area (Å²) in [5.74, 6) is -0.950. The van der Waals surface area contributed by atoms with Gasteiger partial charge >= 0.3 is 17.9 Å². The molecule has 394 valence electrons. The molecule has 6 heteroatoms. The van der Waals surface area contributed by atoms with Gasteiger partial charge in [0.25, 0.3) is 0 Å². The zero-order chi connectivity index (χ0) is 50.0. The van der Waals surface area contributed by atoms with E-state index in [1.807, 2.05) is 0 Å². The molecule has 0 aromatic carbocycles. The van der Waals surface area contributed by atoms with E-state index in [1.54, 1.807) is 0 Å². The quantitative estimate of drug-likeness (QED) is 0.0262. The number of unbranched alkanes of at least 4 members (excludes halogenated alkanes) is 24. The van der Waals surface area contributed by atoms with Gasteiger partial charge in [0.2, 0.25) is 0 Å². The number of carbonyl (C=O) groups is 3. The van der Waals surface area contributed by atoms with Crippen molar-refractivity contribution >= 4 is 17.9 Å². The van der Waals surface area contributed by atoms with Crippen LogP contribution in [0.4, 0.5) is 0 Å². The van der Waals surface area contributed by atoms with Crippen LogP contribution in [0.2, 0.25) is 0 Å². The van der Waals surface area contributed by atoms with E-state index < -0.39 is 6.10 Å². The third kappa shape index (κ3) is 55.1. The van der Waals surface area contributed by atoms with Crippen molar-refractivity contribution in [3.05, 3.63) is 97.2 Å². The molecule has 1 unspecified atom stereocenters. The smallest absolute Gasteiger partial charge is 0.306 e. The molecular formula is C63H106O6. The second-order valence-corrected chi connectivity index (χ2v) is 18.8. The standard InChI is InChI=1S/C63H106O6/c1-4-7-10-13-16-19-22-25-28-31-32-33-36-38-41-44-47-50-53-56-62(65)68-59-60(69-63(66)57-54-51-48-45-42-39-35-30-27-24-21-18-15-12-9-6-3)58-67-61(64)55-52-49-46-43-40-37-34-29-26-23-20-17-14-11-8-5-2/h7,10,16,19,21,24-25,28-30,32-35,38,41,60H,4-6,8-9,11-15,17-18,20,22-23,26-27,31,36-37,39-40,42-59H2,1-3H3/b10-7-,19-16-,24-21-,28-25-,33-32-,34-29-,35-30-,41-38-. The second kappa shape index (κ2) is 56.9. The first-order valence-electron chi connectivity index (χ1n) is 28.7. The number of hydrogen-bond acceptors (Lipinski definition) is 6. The van der Waals surface area contributed by atoms with Crippen molar-refractivity contribution in [2.45, 2.75) is 271 Å². The summed E-state index contributed by atoms with van der Waals surface area (Å²) in [6.45, 7) is 6.47. The van der Waals surface area contributed by atoms with Crippen LogP contribution in [0.5, 0.6) is 0 Å². The predicted octanol–water partition coefficient (Wildman–Crippen LogP) is 19.3. The molecule has 0 fully saturated rings. The molecule has 0 bridgehead atoms. The monoisotopic (exact) mass is 959 g/mol. The first-order chi connectivity index (χ1) is 34.0. The van der Waals surface area contributed by atoms with Crippen molar-refractivity contribution in [1.29, 1.82) is 0 Å². The highest BCUT2D eigenvalue weighted by atomic mass is 16.6. The van der Waals surface area contributed by atoms with E-state index in [0.29, 0.717) is 19.3 Å². The molecule has 0 heterocycles. The zero-order valence-corrected chi connectivity index (χ0v) is 45.0. The Kier molecular flexibility index (Phi) is 53.9. The summed E-state index contributed by atoms with van der Waals surface area (Å²) in [5.41, 5.74) is 0. The highest BCUT2D eigenvalue weighted by molar-refractivity contribution is 5.71. The molecule has 0 aromatic rings. The fourth-order valence-corrected chi connectivity index (χ4v) is 7.73. The van der Waals surface area contributed by atoms with Crippen LogP contribution in [0.25, 0.3) is 0 Å². The average molecular weight is 960 g/mol. The van der Waals surface area contributed by atoms with E-state index >= 15 is 0 Å². The fraction of sp³-hybridized carbons (Fsp3) is 0.698. The first-order valence-corrected chi connectivity index (χ1v) is 28.7. The first kappa shape index (κ1) is 65.3. The molecule has 0 N–H and O–H groups in total. The summed E-state index contributed by atoms with van der Waals surface area (Å²) < 4.78 is 16.8. The summed E-state index contributed by atoms with van der Waals surface area (Å²) in [5, 5.41) is 0. The van der Waals surface area contributed by atoms with Gasteiger partial charge in [-0.3, -0.25) is 14.4 Å². The molecule has 6 nitrogen and oxygen atoms in total. The number of allylic oxidation sites excluding steroid dienone is 16. The Morgan fingerprint density at radius 2 is 0.565 bits per heavy atom. The van der Waals surface area contributed by atoms with Gasteiger partial charge in [0.1, 0.15) is 13.2 Å². The molecule has 0 saturated heterocycles. The molecule has 1 atom stereocenters. The minimum atomic E-state index is -0.803. The molecule has 0 aromatic heterocycles. The Hall–Kier alpha value is -3.67. The lowest BCUT2D eigenvalue weighted by Crippen LogP contribution is -2.30. The lowest BCUT2D eigenvalue weighted by atomic mass is 10.1. The molecule has 69 heavy (non-hydrogen) atoms. The van der Waals surface area contributed by atoms with Gasteiger partial charge in [0.05, 0.1) is 0 Å². The van der Waals surface area contributed by atoms with E-state index in [1.165, 1.54) is 96.3 Å². The maximum Gasteiger partial charge on any atom is 0.306 e. The van der Waals surface area contributed by atoms with Crippen molar-refractivity contribution in [1.82, 2.24) is 0 Å². The SMILES string of the molecule is CC/C=C\C/C=C\C/C=C\C/C=C\C/C=C\CCCCCC(=O)OCC(COC(=O)CCCCCCC/C=C\CCCCCCCCC)OC(=O)CCCCCCC/C=C\C/C=C\CCCCCC. The van der Waals surface area contributed by atoms with Gasteiger partial charge in [-0.25, -0.2) is 0 Å². The Balaban J connectivity index is 4.49.